The molecule has 2 N–H and O–H groups in total. The van der Waals surface area contributed by atoms with Crippen LogP contribution >= 0.6 is 11.3 Å². The highest BCUT2D eigenvalue weighted by Crippen LogP contribution is 2.37. The summed E-state index contributed by atoms with van der Waals surface area (Å²) in [5.41, 5.74) is 2.87. The molecule has 1 aliphatic rings. The smallest absolute Gasteiger partial charge is 0.154 e. The van der Waals surface area contributed by atoms with Gasteiger partial charge < -0.3 is 15.2 Å². The maximum atomic E-state index is 9.71. The van der Waals surface area contributed by atoms with E-state index in [0.717, 1.165) is 64.2 Å². The number of fused-ring (bicyclic) bond motifs is 2. The number of ether oxygens (including phenoxy) is 1. The lowest BCUT2D eigenvalue weighted by Crippen LogP contribution is -2.28. The van der Waals surface area contributed by atoms with Crippen LogP contribution in [0.25, 0.3) is 27.0 Å². The predicted molar refractivity (Wildman–Crippen MR) is 112 cm³/mol. The zero-order valence-electron chi connectivity index (χ0n) is 15.6. The average Bonchev–Trinajstić information content (AvgIpc) is 3.36. The van der Waals surface area contributed by atoms with Crippen LogP contribution in [0.2, 0.25) is 0 Å². The van der Waals surface area contributed by atoms with Gasteiger partial charge in [0, 0.05) is 17.0 Å². The molecule has 0 bridgehead atoms. The molecule has 5 rings (SSSR count). The maximum Gasteiger partial charge on any atom is 0.154 e. The summed E-state index contributed by atoms with van der Waals surface area (Å²) in [5, 5.41) is 21.3. The molecule has 3 heterocycles. The van der Waals surface area contributed by atoms with Gasteiger partial charge in [-0.1, -0.05) is 0 Å². The van der Waals surface area contributed by atoms with Crippen molar-refractivity contribution >= 4 is 32.9 Å². The fourth-order valence-corrected chi connectivity index (χ4v) is 4.90. The molecule has 0 spiro atoms. The predicted octanol–water partition coefficient (Wildman–Crippen LogP) is 4.34. The number of benzene rings is 1. The van der Waals surface area contributed by atoms with Crippen LogP contribution in [0.3, 0.4) is 0 Å². The van der Waals surface area contributed by atoms with Gasteiger partial charge in [-0.05, 0) is 61.4 Å². The third-order valence-electron chi connectivity index (χ3n) is 5.49. The Kier molecular flexibility index (Phi) is 4.41. The van der Waals surface area contributed by atoms with Gasteiger partial charge in [-0.25, -0.2) is 9.50 Å². The molecule has 1 saturated carbocycles. The Bertz CT molecular complexity index is 1130. The molecule has 3 aromatic heterocycles. The Hall–Kier alpha value is -2.64. The number of rotatable bonds is 4. The topological polar surface area (TPSA) is 71.7 Å². The van der Waals surface area contributed by atoms with Crippen LogP contribution in [0.4, 0.5) is 5.82 Å². The van der Waals surface area contributed by atoms with Crippen molar-refractivity contribution in [3.63, 3.8) is 0 Å². The van der Waals surface area contributed by atoms with Gasteiger partial charge in [0.15, 0.2) is 5.65 Å². The van der Waals surface area contributed by atoms with Crippen molar-refractivity contribution in [1.29, 1.82) is 0 Å². The minimum absolute atomic E-state index is 0.156. The first-order valence-electron chi connectivity index (χ1n) is 9.57. The van der Waals surface area contributed by atoms with Crippen molar-refractivity contribution in [2.24, 2.45) is 0 Å². The SMILES string of the molecule is COc1ccc(-c2cnc3ccc(N[C@H]4CC[C@H](O)CC4)nn23)c2ccsc12. The van der Waals surface area contributed by atoms with E-state index in [-0.39, 0.29) is 6.10 Å². The van der Waals surface area contributed by atoms with Gasteiger partial charge in [-0.2, -0.15) is 0 Å². The van der Waals surface area contributed by atoms with Gasteiger partial charge in [-0.3, -0.25) is 0 Å². The van der Waals surface area contributed by atoms with E-state index in [1.807, 2.05) is 28.9 Å². The van der Waals surface area contributed by atoms with Gasteiger partial charge in [0.05, 0.1) is 29.8 Å². The lowest BCUT2D eigenvalue weighted by atomic mass is 9.93. The number of nitrogens with one attached hydrogen (secondary N) is 1. The number of thiophene rings is 1. The van der Waals surface area contributed by atoms with Gasteiger partial charge in [0.2, 0.25) is 0 Å². The van der Waals surface area contributed by atoms with E-state index in [0.29, 0.717) is 6.04 Å². The molecule has 0 saturated heterocycles. The van der Waals surface area contributed by atoms with E-state index in [4.69, 9.17) is 9.84 Å². The summed E-state index contributed by atoms with van der Waals surface area (Å²) in [6, 6.07) is 10.5. The number of anilines is 1. The lowest BCUT2D eigenvalue weighted by Gasteiger charge is -2.26. The second kappa shape index (κ2) is 7.07. The standard InChI is InChI=1S/C21H22N4O2S/c1-27-18-7-6-15(16-10-11-28-21(16)18)17-12-22-20-9-8-19(24-25(17)20)23-13-2-4-14(26)5-3-13/h6-14,26H,2-5H2,1H3,(H,23,24)/t13-,14-. The zero-order chi connectivity index (χ0) is 19.1. The molecule has 0 aliphatic heterocycles. The van der Waals surface area contributed by atoms with E-state index in [1.165, 1.54) is 0 Å². The normalized spacial score (nSPS) is 19.9. The molecule has 6 nitrogen and oxygen atoms in total. The maximum absolute atomic E-state index is 9.71. The number of hydrogen-bond acceptors (Lipinski definition) is 6. The van der Waals surface area contributed by atoms with Crippen LogP contribution < -0.4 is 10.1 Å². The van der Waals surface area contributed by atoms with Crippen molar-refractivity contribution in [2.45, 2.75) is 37.8 Å². The molecule has 144 valence electrons. The fraction of sp³-hybridized carbons (Fsp3) is 0.333. The summed E-state index contributed by atoms with van der Waals surface area (Å²) in [5.74, 6) is 1.72. The molecule has 0 radical (unpaired) electrons. The van der Waals surface area contributed by atoms with Gasteiger partial charge in [0.1, 0.15) is 11.6 Å². The summed E-state index contributed by atoms with van der Waals surface area (Å²) in [6.07, 6.45) is 5.34. The third-order valence-corrected chi connectivity index (χ3v) is 6.42. The van der Waals surface area contributed by atoms with Gasteiger partial charge >= 0.3 is 0 Å². The van der Waals surface area contributed by atoms with E-state index < -0.39 is 0 Å². The van der Waals surface area contributed by atoms with Crippen molar-refractivity contribution in [2.75, 3.05) is 12.4 Å². The van der Waals surface area contributed by atoms with Gasteiger partial charge in [-0.15, -0.1) is 16.4 Å². The Balaban J connectivity index is 1.53. The highest BCUT2D eigenvalue weighted by Gasteiger charge is 2.20. The molecule has 0 amide bonds. The highest BCUT2D eigenvalue weighted by molar-refractivity contribution is 7.17. The van der Waals surface area contributed by atoms with Crippen molar-refractivity contribution < 1.29 is 9.84 Å². The molecule has 7 heteroatoms. The van der Waals surface area contributed by atoms with E-state index in [1.54, 1.807) is 18.4 Å². The molecule has 28 heavy (non-hydrogen) atoms. The minimum Gasteiger partial charge on any atom is -0.495 e. The number of nitrogens with zero attached hydrogens (tertiary/aromatic N) is 3. The van der Waals surface area contributed by atoms with E-state index in [9.17, 15) is 5.11 Å². The van der Waals surface area contributed by atoms with Crippen LogP contribution in [0, 0.1) is 0 Å². The highest BCUT2D eigenvalue weighted by atomic mass is 32.1. The molecular formula is C21H22N4O2S. The molecule has 4 aromatic rings. The molecule has 1 fully saturated rings. The lowest BCUT2D eigenvalue weighted by molar-refractivity contribution is 0.126. The van der Waals surface area contributed by atoms with Crippen LogP contribution in [0.5, 0.6) is 5.75 Å². The second-order valence-electron chi connectivity index (χ2n) is 7.26. The quantitative estimate of drug-likeness (QED) is 0.539. The Morgan fingerprint density at radius 3 is 2.82 bits per heavy atom. The van der Waals surface area contributed by atoms with Gasteiger partial charge in [0.25, 0.3) is 0 Å². The monoisotopic (exact) mass is 394 g/mol. The number of hydrogen-bond donors (Lipinski definition) is 2. The van der Waals surface area contributed by atoms with Crippen LogP contribution in [0.15, 0.2) is 41.9 Å². The third kappa shape index (κ3) is 3.00. The van der Waals surface area contributed by atoms with Crippen molar-refractivity contribution in [3.05, 3.63) is 41.9 Å². The van der Waals surface area contributed by atoms with Crippen LogP contribution in [-0.4, -0.2) is 39.0 Å². The molecule has 0 atom stereocenters. The first kappa shape index (κ1) is 17.5. The number of aliphatic hydroxyl groups excluding tert-OH is 1. The Morgan fingerprint density at radius 2 is 2.00 bits per heavy atom. The molecule has 1 aliphatic carbocycles. The summed E-state index contributed by atoms with van der Waals surface area (Å²) in [7, 11) is 1.70. The molecule has 1 aromatic carbocycles. The van der Waals surface area contributed by atoms with Crippen LogP contribution in [-0.2, 0) is 0 Å². The van der Waals surface area contributed by atoms with Crippen molar-refractivity contribution in [3.8, 4) is 17.0 Å². The number of aliphatic hydroxyl groups is 1. The van der Waals surface area contributed by atoms with E-state index >= 15 is 0 Å². The second-order valence-corrected chi connectivity index (χ2v) is 8.18. The summed E-state index contributed by atoms with van der Waals surface area (Å²) in [4.78, 5) is 4.54. The first-order valence-corrected chi connectivity index (χ1v) is 10.4. The largest absolute Gasteiger partial charge is 0.495 e. The molecular weight excluding hydrogens is 372 g/mol. The first-order chi connectivity index (χ1) is 13.7. The zero-order valence-corrected chi connectivity index (χ0v) is 16.4. The van der Waals surface area contributed by atoms with Crippen LogP contribution in [0.1, 0.15) is 25.7 Å². The molecule has 0 unspecified atom stereocenters. The Morgan fingerprint density at radius 1 is 1.14 bits per heavy atom. The number of imidazole rings is 1. The number of aromatic nitrogens is 3. The summed E-state index contributed by atoms with van der Waals surface area (Å²) < 4.78 is 8.53. The van der Waals surface area contributed by atoms with E-state index in [2.05, 4.69) is 27.8 Å². The minimum atomic E-state index is -0.156. The fourth-order valence-electron chi connectivity index (χ4n) is 3.98. The average molecular weight is 395 g/mol. The Labute approximate surface area is 166 Å². The summed E-state index contributed by atoms with van der Waals surface area (Å²) >= 11 is 1.67. The summed E-state index contributed by atoms with van der Waals surface area (Å²) in [6.45, 7) is 0. The van der Waals surface area contributed by atoms with Crippen molar-refractivity contribution in [1.82, 2.24) is 14.6 Å². The number of methoxy groups -OCH3 is 1.